The quantitative estimate of drug-likeness (QED) is 0.627. The van der Waals surface area contributed by atoms with Crippen molar-refractivity contribution in [3.63, 3.8) is 0 Å². The third kappa shape index (κ3) is 3.23. The highest BCUT2D eigenvalue weighted by Gasteiger charge is 2.20. The second kappa shape index (κ2) is 5.71. The van der Waals surface area contributed by atoms with Crippen molar-refractivity contribution in [3.8, 4) is 0 Å². The van der Waals surface area contributed by atoms with Crippen LogP contribution in [0.25, 0.3) is 0 Å². The van der Waals surface area contributed by atoms with Gasteiger partial charge in [0, 0.05) is 25.3 Å². The van der Waals surface area contributed by atoms with Crippen molar-refractivity contribution < 1.29 is 4.74 Å². The van der Waals surface area contributed by atoms with E-state index in [2.05, 4.69) is 4.98 Å². The maximum Gasteiger partial charge on any atom is 0.329 e. The van der Waals surface area contributed by atoms with Gasteiger partial charge >= 0.3 is 5.69 Å². The highest BCUT2D eigenvalue weighted by atomic mass is 35.5. The number of aromatic nitrogens is 2. The van der Waals surface area contributed by atoms with E-state index in [9.17, 15) is 9.59 Å². The Morgan fingerprint density at radius 1 is 1.44 bits per heavy atom. The maximum absolute atomic E-state index is 11.8. The molecule has 1 aliphatic carbocycles. The van der Waals surface area contributed by atoms with E-state index in [4.69, 9.17) is 16.3 Å². The Morgan fingerprint density at radius 2 is 2.17 bits per heavy atom. The molecule has 0 aliphatic heterocycles. The molecule has 100 valence electrons. The normalized spacial score (nSPS) is 15.0. The molecular weight excluding hydrogens is 256 g/mol. The van der Waals surface area contributed by atoms with Gasteiger partial charge in [-0.15, -0.1) is 0 Å². The lowest BCUT2D eigenvalue weighted by Gasteiger charge is -2.07. The second-order valence-corrected chi connectivity index (χ2v) is 5.08. The molecule has 1 aromatic rings. The van der Waals surface area contributed by atoms with Gasteiger partial charge in [-0.1, -0.05) is 11.6 Å². The standard InChI is InChI=1S/C12H17ClN2O3/c1-8-10(13)14-12(17)15(11(8)16)5-2-6-18-7-9-3-4-9/h9H,2-7H2,1H3,(H,14,17). The molecule has 2 rings (SSSR count). The second-order valence-electron chi connectivity index (χ2n) is 4.70. The van der Waals surface area contributed by atoms with Gasteiger partial charge in [0.1, 0.15) is 5.15 Å². The van der Waals surface area contributed by atoms with Crippen molar-refractivity contribution in [1.29, 1.82) is 0 Å². The molecule has 18 heavy (non-hydrogen) atoms. The largest absolute Gasteiger partial charge is 0.381 e. The molecule has 5 nitrogen and oxygen atoms in total. The first-order chi connectivity index (χ1) is 8.59. The van der Waals surface area contributed by atoms with Crippen molar-refractivity contribution in [2.75, 3.05) is 13.2 Å². The SMILES string of the molecule is Cc1c(Cl)[nH]c(=O)n(CCCOCC2CC2)c1=O. The molecule has 1 saturated carbocycles. The molecule has 0 bridgehead atoms. The average Bonchev–Trinajstić information content (AvgIpc) is 3.14. The summed E-state index contributed by atoms with van der Waals surface area (Å²) >= 11 is 5.72. The average molecular weight is 273 g/mol. The summed E-state index contributed by atoms with van der Waals surface area (Å²) in [6.45, 7) is 3.33. The van der Waals surface area contributed by atoms with E-state index in [1.807, 2.05) is 0 Å². The zero-order valence-corrected chi connectivity index (χ0v) is 11.1. The van der Waals surface area contributed by atoms with Crippen LogP contribution in [-0.2, 0) is 11.3 Å². The first kappa shape index (κ1) is 13.4. The van der Waals surface area contributed by atoms with Crippen LogP contribution < -0.4 is 11.2 Å². The topological polar surface area (TPSA) is 64.1 Å². The molecule has 1 aromatic heterocycles. The van der Waals surface area contributed by atoms with Gasteiger partial charge in [-0.05, 0) is 32.1 Å². The van der Waals surface area contributed by atoms with E-state index in [0.29, 0.717) is 25.1 Å². The van der Waals surface area contributed by atoms with E-state index < -0.39 is 5.69 Å². The molecular formula is C12H17ClN2O3. The summed E-state index contributed by atoms with van der Waals surface area (Å²) < 4.78 is 6.63. The molecule has 0 spiro atoms. The van der Waals surface area contributed by atoms with Crippen molar-refractivity contribution >= 4 is 11.6 Å². The van der Waals surface area contributed by atoms with E-state index >= 15 is 0 Å². The van der Waals surface area contributed by atoms with Crippen LogP contribution in [0.5, 0.6) is 0 Å². The number of halogens is 1. The first-order valence-corrected chi connectivity index (χ1v) is 6.54. The third-order valence-electron chi connectivity index (χ3n) is 3.08. The van der Waals surface area contributed by atoms with Crippen LogP contribution in [0.4, 0.5) is 0 Å². The monoisotopic (exact) mass is 272 g/mol. The Labute approximate surface area is 110 Å². The molecule has 0 aromatic carbocycles. The summed E-state index contributed by atoms with van der Waals surface area (Å²) in [6, 6.07) is 0. The van der Waals surface area contributed by atoms with Crippen molar-refractivity contribution in [3.05, 3.63) is 31.6 Å². The lowest BCUT2D eigenvalue weighted by molar-refractivity contribution is 0.119. The number of rotatable bonds is 6. The predicted octanol–water partition coefficient (Wildman–Crippen LogP) is 1.32. The van der Waals surface area contributed by atoms with Gasteiger partial charge in [-0.2, -0.15) is 0 Å². The van der Waals surface area contributed by atoms with E-state index in [0.717, 1.165) is 12.5 Å². The number of nitrogens with zero attached hydrogens (tertiary/aromatic N) is 1. The van der Waals surface area contributed by atoms with Crippen molar-refractivity contribution in [2.45, 2.75) is 32.7 Å². The minimum Gasteiger partial charge on any atom is -0.381 e. The van der Waals surface area contributed by atoms with Crippen molar-refractivity contribution in [2.24, 2.45) is 5.92 Å². The van der Waals surface area contributed by atoms with Gasteiger partial charge < -0.3 is 4.74 Å². The summed E-state index contributed by atoms with van der Waals surface area (Å²) in [5.74, 6) is 0.730. The lowest BCUT2D eigenvalue weighted by atomic mass is 10.3. The number of ether oxygens (including phenoxy) is 1. The number of hydrogen-bond acceptors (Lipinski definition) is 3. The van der Waals surface area contributed by atoms with Crippen LogP contribution in [0.3, 0.4) is 0 Å². The number of aromatic amines is 1. The zero-order chi connectivity index (χ0) is 13.1. The van der Waals surface area contributed by atoms with Crippen LogP contribution >= 0.6 is 11.6 Å². The Kier molecular flexibility index (Phi) is 4.24. The molecule has 0 saturated heterocycles. The summed E-state index contributed by atoms with van der Waals surface area (Å²) in [5, 5.41) is 0.117. The fourth-order valence-electron chi connectivity index (χ4n) is 1.71. The fraction of sp³-hybridized carbons (Fsp3) is 0.667. The molecule has 1 heterocycles. The maximum atomic E-state index is 11.8. The first-order valence-electron chi connectivity index (χ1n) is 6.16. The Hall–Kier alpha value is -1.07. The highest BCUT2D eigenvalue weighted by Crippen LogP contribution is 2.28. The third-order valence-corrected chi connectivity index (χ3v) is 3.46. The smallest absolute Gasteiger partial charge is 0.329 e. The summed E-state index contributed by atoms with van der Waals surface area (Å²) in [7, 11) is 0. The molecule has 0 atom stereocenters. The van der Waals surface area contributed by atoms with Crippen LogP contribution in [0.2, 0.25) is 5.15 Å². The Morgan fingerprint density at radius 3 is 2.83 bits per heavy atom. The van der Waals surface area contributed by atoms with Crippen LogP contribution in [-0.4, -0.2) is 22.8 Å². The Bertz CT molecular complexity index is 531. The lowest BCUT2D eigenvalue weighted by Crippen LogP contribution is -2.36. The molecule has 0 amide bonds. The Balaban J connectivity index is 1.90. The van der Waals surface area contributed by atoms with Gasteiger partial charge in [0.15, 0.2) is 0 Å². The number of H-pyrrole nitrogens is 1. The van der Waals surface area contributed by atoms with Gasteiger partial charge in [-0.3, -0.25) is 14.3 Å². The minimum atomic E-state index is -0.460. The van der Waals surface area contributed by atoms with Crippen LogP contribution in [0.15, 0.2) is 9.59 Å². The van der Waals surface area contributed by atoms with Crippen LogP contribution in [0, 0.1) is 12.8 Å². The fourth-order valence-corrected chi connectivity index (χ4v) is 1.87. The zero-order valence-electron chi connectivity index (χ0n) is 10.4. The minimum absolute atomic E-state index is 0.117. The van der Waals surface area contributed by atoms with Gasteiger partial charge in [-0.25, -0.2) is 4.79 Å². The molecule has 6 heteroatoms. The van der Waals surface area contributed by atoms with Gasteiger partial charge in [0.25, 0.3) is 5.56 Å². The predicted molar refractivity (Wildman–Crippen MR) is 69.2 cm³/mol. The van der Waals surface area contributed by atoms with Gasteiger partial charge in [0.2, 0.25) is 0 Å². The number of hydrogen-bond donors (Lipinski definition) is 1. The van der Waals surface area contributed by atoms with E-state index in [1.54, 1.807) is 6.92 Å². The van der Waals surface area contributed by atoms with E-state index in [-0.39, 0.29) is 10.7 Å². The molecule has 1 fully saturated rings. The van der Waals surface area contributed by atoms with Gasteiger partial charge in [0.05, 0.1) is 0 Å². The molecule has 1 N–H and O–H groups in total. The van der Waals surface area contributed by atoms with Crippen LogP contribution in [0.1, 0.15) is 24.8 Å². The summed E-state index contributed by atoms with van der Waals surface area (Å²) in [5.41, 5.74) is -0.418. The highest BCUT2D eigenvalue weighted by molar-refractivity contribution is 6.30. The molecule has 0 radical (unpaired) electrons. The summed E-state index contributed by atoms with van der Waals surface area (Å²) in [4.78, 5) is 25.8. The molecule has 0 unspecified atom stereocenters. The van der Waals surface area contributed by atoms with Crippen molar-refractivity contribution in [1.82, 2.24) is 9.55 Å². The van der Waals surface area contributed by atoms with E-state index in [1.165, 1.54) is 17.4 Å². The molecule has 1 aliphatic rings. The number of nitrogens with one attached hydrogen (secondary N) is 1. The summed E-state index contributed by atoms with van der Waals surface area (Å²) in [6.07, 6.45) is 3.17.